The summed E-state index contributed by atoms with van der Waals surface area (Å²) >= 11 is 1.36. The van der Waals surface area contributed by atoms with Crippen molar-refractivity contribution in [2.45, 2.75) is 39.7 Å². The highest BCUT2D eigenvalue weighted by atomic mass is 32.1. The van der Waals surface area contributed by atoms with Crippen molar-refractivity contribution in [3.8, 4) is 0 Å². The predicted octanol–water partition coefficient (Wildman–Crippen LogP) is 3.87. The molecule has 1 aromatic heterocycles. The Morgan fingerprint density at radius 3 is 2.56 bits per heavy atom. The van der Waals surface area contributed by atoms with Crippen LogP contribution in [0.1, 0.15) is 41.9 Å². The maximum absolute atomic E-state index is 13.2. The summed E-state index contributed by atoms with van der Waals surface area (Å²) in [6.45, 7) is 7.61. The number of aryl methyl sites for hydroxylation is 1. The Labute approximate surface area is 193 Å². The van der Waals surface area contributed by atoms with Gasteiger partial charge in [0.15, 0.2) is 0 Å². The first kappa shape index (κ1) is 23.8. The highest BCUT2D eigenvalue weighted by Crippen LogP contribution is 2.19. The third-order valence-corrected chi connectivity index (χ3v) is 6.52. The van der Waals surface area contributed by atoms with Crippen LogP contribution in [-0.2, 0) is 4.79 Å². The summed E-state index contributed by atoms with van der Waals surface area (Å²) in [6.07, 6.45) is 1.82. The second kappa shape index (κ2) is 11.1. The number of nitrogens with zero attached hydrogens (tertiary/aromatic N) is 1. The molecular formula is C24H32N4O3S. The van der Waals surface area contributed by atoms with E-state index in [2.05, 4.69) is 16.0 Å². The van der Waals surface area contributed by atoms with Gasteiger partial charge in [0.25, 0.3) is 5.91 Å². The largest absolute Gasteiger partial charge is 0.341 e. The molecule has 2 aromatic rings. The fourth-order valence-electron chi connectivity index (χ4n) is 3.81. The zero-order chi connectivity index (χ0) is 23.1. The van der Waals surface area contributed by atoms with Gasteiger partial charge in [-0.15, -0.1) is 11.3 Å². The molecule has 172 valence electrons. The van der Waals surface area contributed by atoms with Gasteiger partial charge in [-0.25, -0.2) is 4.79 Å². The number of anilines is 1. The van der Waals surface area contributed by atoms with Crippen molar-refractivity contribution in [3.05, 3.63) is 52.2 Å². The third kappa shape index (κ3) is 6.56. The second-order valence-electron chi connectivity index (χ2n) is 8.67. The van der Waals surface area contributed by atoms with Gasteiger partial charge in [0.1, 0.15) is 6.04 Å². The van der Waals surface area contributed by atoms with Crippen LogP contribution in [0.4, 0.5) is 10.5 Å². The lowest BCUT2D eigenvalue weighted by Crippen LogP contribution is -2.54. The first-order chi connectivity index (χ1) is 15.3. The second-order valence-corrected chi connectivity index (χ2v) is 9.61. The van der Waals surface area contributed by atoms with Gasteiger partial charge in [-0.05, 0) is 55.2 Å². The predicted molar refractivity (Wildman–Crippen MR) is 128 cm³/mol. The van der Waals surface area contributed by atoms with Crippen molar-refractivity contribution in [2.75, 3.05) is 25.0 Å². The smallest absolute Gasteiger partial charge is 0.319 e. The quantitative estimate of drug-likeness (QED) is 0.591. The Morgan fingerprint density at radius 2 is 1.91 bits per heavy atom. The molecule has 3 N–H and O–H groups in total. The number of rotatable bonds is 7. The number of carbonyl (C=O) groups is 3. The number of hydrogen-bond donors (Lipinski definition) is 3. The monoisotopic (exact) mass is 456 g/mol. The maximum atomic E-state index is 13.2. The first-order valence-electron chi connectivity index (χ1n) is 11.1. The number of thiophene rings is 1. The molecule has 1 aromatic carbocycles. The van der Waals surface area contributed by atoms with Crippen LogP contribution in [0.15, 0.2) is 41.8 Å². The molecule has 2 heterocycles. The van der Waals surface area contributed by atoms with E-state index in [-0.39, 0.29) is 29.7 Å². The minimum absolute atomic E-state index is 0.0230. The van der Waals surface area contributed by atoms with E-state index in [0.29, 0.717) is 24.5 Å². The SMILES string of the molecule is Cc1ccc(NC(=O)NCC2CCCN(C(=O)C(NC(=O)c3cccs3)C(C)C)C2)cc1. The Balaban J connectivity index is 1.51. The first-order valence-corrected chi connectivity index (χ1v) is 12.0. The minimum atomic E-state index is -0.568. The summed E-state index contributed by atoms with van der Waals surface area (Å²) < 4.78 is 0. The fourth-order valence-corrected chi connectivity index (χ4v) is 4.44. The molecule has 1 aliphatic rings. The molecule has 1 saturated heterocycles. The van der Waals surface area contributed by atoms with Gasteiger partial charge in [0.2, 0.25) is 5.91 Å². The van der Waals surface area contributed by atoms with Crippen molar-refractivity contribution in [3.63, 3.8) is 0 Å². The molecule has 32 heavy (non-hydrogen) atoms. The van der Waals surface area contributed by atoms with Crippen molar-refractivity contribution in [1.29, 1.82) is 0 Å². The standard InChI is InChI=1S/C24H32N4O3S/c1-16(2)21(27-22(29)20-7-5-13-32-20)23(30)28-12-4-6-18(15-28)14-25-24(31)26-19-10-8-17(3)9-11-19/h5,7-11,13,16,18,21H,4,6,12,14-15H2,1-3H3,(H,27,29)(H2,25,26,31). The molecule has 0 aliphatic carbocycles. The van der Waals surface area contributed by atoms with E-state index in [0.717, 1.165) is 24.1 Å². The van der Waals surface area contributed by atoms with Gasteiger partial charge in [-0.1, -0.05) is 37.6 Å². The molecule has 0 spiro atoms. The Bertz CT molecular complexity index is 912. The third-order valence-electron chi connectivity index (χ3n) is 5.66. The molecule has 2 unspecified atom stereocenters. The topological polar surface area (TPSA) is 90.5 Å². The number of nitrogens with one attached hydrogen (secondary N) is 3. The van der Waals surface area contributed by atoms with Crippen LogP contribution >= 0.6 is 11.3 Å². The lowest BCUT2D eigenvalue weighted by molar-refractivity contribution is -0.136. The maximum Gasteiger partial charge on any atom is 0.319 e. The number of hydrogen-bond acceptors (Lipinski definition) is 4. The van der Waals surface area contributed by atoms with Gasteiger partial charge in [-0.2, -0.15) is 0 Å². The Kier molecular flexibility index (Phi) is 8.27. The number of likely N-dealkylation sites (tertiary alicyclic amines) is 1. The lowest BCUT2D eigenvalue weighted by Gasteiger charge is -2.36. The van der Waals surface area contributed by atoms with Crippen molar-refractivity contribution >= 4 is 34.9 Å². The molecule has 7 nitrogen and oxygen atoms in total. The van der Waals surface area contributed by atoms with Crippen molar-refractivity contribution < 1.29 is 14.4 Å². The molecule has 4 amide bonds. The zero-order valence-corrected chi connectivity index (χ0v) is 19.7. The van der Waals surface area contributed by atoms with E-state index in [1.807, 2.05) is 61.4 Å². The number of amides is 4. The van der Waals surface area contributed by atoms with E-state index in [9.17, 15) is 14.4 Å². The van der Waals surface area contributed by atoms with E-state index in [1.165, 1.54) is 11.3 Å². The number of carbonyl (C=O) groups excluding carboxylic acids is 3. The summed E-state index contributed by atoms with van der Waals surface area (Å²) in [5.41, 5.74) is 1.88. The summed E-state index contributed by atoms with van der Waals surface area (Å²) in [4.78, 5) is 40.4. The van der Waals surface area contributed by atoms with Gasteiger partial charge >= 0.3 is 6.03 Å². The highest BCUT2D eigenvalue weighted by Gasteiger charge is 2.32. The number of benzene rings is 1. The van der Waals surface area contributed by atoms with E-state index in [4.69, 9.17) is 0 Å². The number of piperidine rings is 1. The van der Waals surface area contributed by atoms with E-state index >= 15 is 0 Å². The molecule has 0 radical (unpaired) electrons. The molecular weight excluding hydrogens is 424 g/mol. The highest BCUT2D eigenvalue weighted by molar-refractivity contribution is 7.12. The molecule has 3 rings (SSSR count). The summed E-state index contributed by atoms with van der Waals surface area (Å²) in [7, 11) is 0. The zero-order valence-electron chi connectivity index (χ0n) is 18.9. The normalized spacial score (nSPS) is 17.0. The van der Waals surface area contributed by atoms with Gasteiger partial charge < -0.3 is 20.9 Å². The van der Waals surface area contributed by atoms with Gasteiger partial charge in [0.05, 0.1) is 4.88 Å². The average Bonchev–Trinajstić information content (AvgIpc) is 3.32. The molecule has 1 fully saturated rings. The molecule has 0 saturated carbocycles. The summed E-state index contributed by atoms with van der Waals surface area (Å²) in [5, 5.41) is 10.5. The Hall–Kier alpha value is -2.87. The van der Waals surface area contributed by atoms with Crippen LogP contribution in [0, 0.1) is 18.8 Å². The fraction of sp³-hybridized carbons (Fsp3) is 0.458. The van der Waals surface area contributed by atoms with Crippen LogP contribution in [0.25, 0.3) is 0 Å². The van der Waals surface area contributed by atoms with E-state index in [1.54, 1.807) is 6.07 Å². The minimum Gasteiger partial charge on any atom is -0.341 e. The van der Waals surface area contributed by atoms with Crippen molar-refractivity contribution in [2.24, 2.45) is 11.8 Å². The van der Waals surface area contributed by atoms with Crippen LogP contribution in [0.5, 0.6) is 0 Å². The van der Waals surface area contributed by atoms with Crippen LogP contribution < -0.4 is 16.0 Å². The van der Waals surface area contributed by atoms with Crippen LogP contribution in [0.2, 0.25) is 0 Å². The van der Waals surface area contributed by atoms with E-state index < -0.39 is 6.04 Å². The Morgan fingerprint density at radius 1 is 1.16 bits per heavy atom. The van der Waals surface area contributed by atoms with Gasteiger partial charge in [-0.3, -0.25) is 9.59 Å². The molecule has 1 aliphatic heterocycles. The number of urea groups is 1. The molecule has 0 bridgehead atoms. The van der Waals surface area contributed by atoms with Crippen LogP contribution in [0.3, 0.4) is 0 Å². The lowest BCUT2D eigenvalue weighted by atomic mass is 9.95. The van der Waals surface area contributed by atoms with Gasteiger partial charge in [0, 0.05) is 25.3 Å². The van der Waals surface area contributed by atoms with Crippen molar-refractivity contribution in [1.82, 2.24) is 15.5 Å². The summed E-state index contributed by atoms with van der Waals surface area (Å²) in [5.74, 6) is -0.115. The van der Waals surface area contributed by atoms with Crippen LogP contribution in [-0.4, -0.2) is 48.4 Å². The summed E-state index contributed by atoms with van der Waals surface area (Å²) in [6, 6.07) is 10.4. The molecule has 8 heteroatoms. The average molecular weight is 457 g/mol. The molecule has 2 atom stereocenters.